The number of anilines is 1. The van der Waals surface area contributed by atoms with Gasteiger partial charge in [-0.05, 0) is 23.8 Å². The second-order valence-electron chi connectivity index (χ2n) is 6.71. The molecule has 4 aromatic rings. The number of rotatable bonds is 3. The van der Waals surface area contributed by atoms with E-state index in [4.69, 9.17) is 17.3 Å². The van der Waals surface area contributed by atoms with Crippen LogP contribution in [0.3, 0.4) is 0 Å². The molecule has 3 heterocycles. The zero-order valence-electron chi connectivity index (χ0n) is 15.9. The molecule has 0 aliphatic rings. The standard InChI is InChI=1S/C18H12ClF6N7/c1-30-4-2-12(27-30)31-5-3-13(28-31)32-16(26)14(15(29-32)18(23,24)25)9-6-10(17(20,21)22)8-11(19)7-9/h2-8H,26H2,1H3. The maximum Gasteiger partial charge on any atom is 0.435 e. The van der Waals surface area contributed by atoms with Gasteiger partial charge in [0.1, 0.15) is 5.82 Å². The second-order valence-corrected chi connectivity index (χ2v) is 7.15. The van der Waals surface area contributed by atoms with Crippen molar-refractivity contribution in [2.24, 2.45) is 7.05 Å². The summed E-state index contributed by atoms with van der Waals surface area (Å²) in [6.45, 7) is 0. The quantitative estimate of drug-likeness (QED) is 0.434. The van der Waals surface area contributed by atoms with Gasteiger partial charge in [0.15, 0.2) is 17.3 Å². The van der Waals surface area contributed by atoms with Gasteiger partial charge in [-0.15, -0.1) is 5.10 Å². The smallest absolute Gasteiger partial charge is 0.383 e. The SMILES string of the molecule is Cn1ccc(-n2ccc(-n3nc(C(F)(F)F)c(-c4cc(Cl)cc(C(F)(F)F)c4)c3N)n2)n1. The molecule has 32 heavy (non-hydrogen) atoms. The number of aryl methyl sites for hydroxylation is 1. The fourth-order valence-corrected chi connectivity index (χ4v) is 3.30. The molecule has 0 amide bonds. The molecule has 0 aliphatic carbocycles. The van der Waals surface area contributed by atoms with Gasteiger partial charge in [-0.2, -0.15) is 41.2 Å². The topological polar surface area (TPSA) is 79.5 Å². The first-order chi connectivity index (χ1) is 14.8. The highest BCUT2D eigenvalue weighted by Crippen LogP contribution is 2.43. The Kier molecular flexibility index (Phi) is 4.95. The molecule has 1 aromatic carbocycles. The molecule has 7 nitrogen and oxygen atoms in total. The van der Waals surface area contributed by atoms with E-state index in [1.54, 1.807) is 19.3 Å². The van der Waals surface area contributed by atoms with Gasteiger partial charge < -0.3 is 5.73 Å². The molecule has 0 saturated carbocycles. The molecule has 2 N–H and O–H groups in total. The lowest BCUT2D eigenvalue weighted by atomic mass is 10.0. The summed E-state index contributed by atoms with van der Waals surface area (Å²) in [5.74, 6) is -0.271. The van der Waals surface area contributed by atoms with Gasteiger partial charge in [-0.3, -0.25) is 4.68 Å². The summed E-state index contributed by atoms with van der Waals surface area (Å²) in [7, 11) is 1.67. The summed E-state index contributed by atoms with van der Waals surface area (Å²) in [6, 6.07) is 5.04. The fourth-order valence-electron chi connectivity index (χ4n) is 3.07. The Morgan fingerprint density at radius 3 is 2.16 bits per heavy atom. The second kappa shape index (κ2) is 7.29. The lowest BCUT2D eigenvalue weighted by Crippen LogP contribution is -2.09. The number of halogens is 7. The molecule has 4 rings (SSSR count). The fraction of sp³-hybridized carbons (Fsp3) is 0.167. The molecule has 0 unspecified atom stereocenters. The Bertz CT molecular complexity index is 1300. The van der Waals surface area contributed by atoms with Crippen molar-refractivity contribution in [2.45, 2.75) is 12.4 Å². The first-order valence-corrected chi connectivity index (χ1v) is 9.12. The Balaban J connectivity index is 1.89. The van der Waals surface area contributed by atoms with Crippen molar-refractivity contribution in [2.75, 3.05) is 5.73 Å². The normalized spacial score (nSPS) is 12.5. The van der Waals surface area contributed by atoms with Gasteiger partial charge in [0, 0.05) is 36.6 Å². The summed E-state index contributed by atoms with van der Waals surface area (Å²) < 4.78 is 84.2. The van der Waals surface area contributed by atoms with Crippen LogP contribution >= 0.6 is 11.6 Å². The maximum absolute atomic E-state index is 13.7. The highest BCUT2D eigenvalue weighted by atomic mass is 35.5. The minimum Gasteiger partial charge on any atom is -0.383 e. The molecular formula is C18H12ClF6N7. The molecule has 0 radical (unpaired) electrons. The van der Waals surface area contributed by atoms with Gasteiger partial charge in [-0.1, -0.05) is 11.6 Å². The molecule has 0 spiro atoms. The van der Waals surface area contributed by atoms with Crippen LogP contribution in [0.2, 0.25) is 5.02 Å². The third kappa shape index (κ3) is 3.90. The van der Waals surface area contributed by atoms with E-state index in [0.717, 1.165) is 6.07 Å². The van der Waals surface area contributed by atoms with Crippen molar-refractivity contribution in [3.8, 4) is 22.8 Å². The first-order valence-electron chi connectivity index (χ1n) is 8.74. The summed E-state index contributed by atoms with van der Waals surface area (Å²) >= 11 is 5.75. The maximum atomic E-state index is 13.7. The van der Waals surface area contributed by atoms with Crippen molar-refractivity contribution in [1.29, 1.82) is 0 Å². The third-order valence-corrected chi connectivity index (χ3v) is 4.65. The minimum absolute atomic E-state index is 0.0945. The average molecular weight is 476 g/mol. The van der Waals surface area contributed by atoms with Crippen LogP contribution in [0.15, 0.2) is 42.7 Å². The van der Waals surface area contributed by atoms with Crippen molar-refractivity contribution >= 4 is 17.4 Å². The van der Waals surface area contributed by atoms with Gasteiger partial charge in [0.2, 0.25) is 0 Å². The van der Waals surface area contributed by atoms with E-state index in [0.29, 0.717) is 22.6 Å². The van der Waals surface area contributed by atoms with Gasteiger partial charge in [-0.25, -0.2) is 4.68 Å². The number of benzene rings is 1. The largest absolute Gasteiger partial charge is 0.435 e. The van der Waals surface area contributed by atoms with E-state index in [1.165, 1.54) is 21.6 Å². The van der Waals surface area contributed by atoms with Crippen molar-refractivity contribution in [3.63, 3.8) is 0 Å². The number of nitrogens with zero attached hydrogens (tertiary/aromatic N) is 6. The summed E-state index contributed by atoms with van der Waals surface area (Å²) in [6.07, 6.45) is -6.79. The molecule has 3 aromatic heterocycles. The number of alkyl halides is 6. The van der Waals surface area contributed by atoms with Gasteiger partial charge >= 0.3 is 12.4 Å². The van der Waals surface area contributed by atoms with E-state index in [-0.39, 0.29) is 5.82 Å². The number of nitrogens with two attached hydrogens (primary N) is 1. The van der Waals surface area contributed by atoms with E-state index < -0.39 is 45.6 Å². The van der Waals surface area contributed by atoms with E-state index in [9.17, 15) is 26.3 Å². The van der Waals surface area contributed by atoms with Crippen LogP contribution in [-0.4, -0.2) is 29.3 Å². The molecule has 0 fully saturated rings. The average Bonchev–Trinajstić information content (AvgIpc) is 3.38. The van der Waals surface area contributed by atoms with E-state index in [1.807, 2.05) is 0 Å². The summed E-state index contributed by atoms with van der Waals surface area (Å²) in [5, 5.41) is 11.3. The van der Waals surface area contributed by atoms with Crippen LogP contribution in [0, 0.1) is 0 Å². The Labute approximate surface area is 180 Å². The number of hydrogen-bond donors (Lipinski definition) is 1. The minimum atomic E-state index is -5.01. The van der Waals surface area contributed by atoms with Crippen LogP contribution in [-0.2, 0) is 19.4 Å². The molecule has 0 bridgehead atoms. The van der Waals surface area contributed by atoms with Crippen LogP contribution < -0.4 is 5.73 Å². The van der Waals surface area contributed by atoms with Gasteiger partial charge in [0.25, 0.3) is 0 Å². The highest BCUT2D eigenvalue weighted by Gasteiger charge is 2.40. The van der Waals surface area contributed by atoms with Crippen LogP contribution in [0.25, 0.3) is 22.8 Å². The van der Waals surface area contributed by atoms with Crippen molar-refractivity contribution < 1.29 is 26.3 Å². The predicted molar refractivity (Wildman–Crippen MR) is 102 cm³/mol. The van der Waals surface area contributed by atoms with Crippen molar-refractivity contribution in [1.82, 2.24) is 29.3 Å². The molecule has 0 saturated heterocycles. The lowest BCUT2D eigenvalue weighted by molar-refractivity contribution is -0.140. The van der Waals surface area contributed by atoms with E-state index in [2.05, 4.69) is 15.3 Å². The summed E-state index contributed by atoms with van der Waals surface area (Å²) in [5.41, 5.74) is 2.02. The summed E-state index contributed by atoms with van der Waals surface area (Å²) in [4.78, 5) is 0. The monoisotopic (exact) mass is 475 g/mol. The first kappa shape index (κ1) is 21.7. The zero-order chi connectivity index (χ0) is 23.4. The van der Waals surface area contributed by atoms with Crippen LogP contribution in [0.5, 0.6) is 0 Å². The van der Waals surface area contributed by atoms with Crippen LogP contribution in [0.1, 0.15) is 11.3 Å². The number of hydrogen-bond acceptors (Lipinski definition) is 4. The van der Waals surface area contributed by atoms with Crippen LogP contribution in [0.4, 0.5) is 32.2 Å². The molecule has 0 atom stereocenters. The lowest BCUT2D eigenvalue weighted by Gasteiger charge is -2.11. The number of nitrogen functional groups attached to an aromatic ring is 1. The third-order valence-electron chi connectivity index (χ3n) is 4.43. The highest BCUT2D eigenvalue weighted by molar-refractivity contribution is 6.31. The Hall–Kier alpha value is -3.48. The number of aromatic nitrogens is 6. The predicted octanol–water partition coefficient (Wildman–Crippen LogP) is 4.73. The molecule has 14 heteroatoms. The molecular weight excluding hydrogens is 464 g/mol. The molecule has 168 valence electrons. The Morgan fingerprint density at radius 1 is 0.875 bits per heavy atom. The molecule has 0 aliphatic heterocycles. The van der Waals surface area contributed by atoms with Gasteiger partial charge in [0.05, 0.1) is 11.1 Å². The zero-order valence-corrected chi connectivity index (χ0v) is 16.7. The van der Waals surface area contributed by atoms with Crippen molar-refractivity contribution in [3.05, 3.63) is 59.0 Å². The van der Waals surface area contributed by atoms with E-state index >= 15 is 0 Å². The Morgan fingerprint density at radius 2 is 1.56 bits per heavy atom.